The number of methoxy groups -OCH3 is 1. The number of rotatable bonds is 3. The molecule has 0 heterocycles. The Hall–Kier alpha value is -2.55. The number of anilines is 1. The predicted molar refractivity (Wildman–Crippen MR) is 60.0 cm³/mol. The Morgan fingerprint density at radius 2 is 2.00 bits per heavy atom. The van der Waals surface area contributed by atoms with Crippen molar-refractivity contribution in [2.24, 2.45) is 0 Å². The third-order valence-corrected chi connectivity index (χ3v) is 1.88. The van der Waals surface area contributed by atoms with E-state index >= 15 is 0 Å². The number of hydrogen-bond acceptors (Lipinski definition) is 4. The van der Waals surface area contributed by atoms with Gasteiger partial charge in [0, 0.05) is 5.69 Å². The summed E-state index contributed by atoms with van der Waals surface area (Å²) >= 11 is 0. The molecule has 2 amide bonds. The zero-order valence-electron chi connectivity index (χ0n) is 9.14. The third-order valence-electron chi connectivity index (χ3n) is 1.88. The van der Waals surface area contributed by atoms with Crippen LogP contribution in [-0.4, -0.2) is 25.2 Å². The van der Waals surface area contributed by atoms with E-state index in [2.05, 4.69) is 15.4 Å². The first-order chi connectivity index (χ1) is 8.17. The Kier molecular flexibility index (Phi) is 4.51. The topological polar surface area (TPSA) is 91.2 Å². The monoisotopic (exact) mass is 233 g/mol. The number of benzene rings is 1. The number of carbonyl (C=O) groups is 2. The summed E-state index contributed by atoms with van der Waals surface area (Å²) in [6.45, 7) is 0. The Labute approximate surface area is 98.2 Å². The molecule has 88 valence electrons. The maximum Gasteiger partial charge on any atom is 0.408 e. The molecule has 6 heteroatoms. The summed E-state index contributed by atoms with van der Waals surface area (Å²) in [5, 5.41) is 13.3. The van der Waals surface area contributed by atoms with Crippen LogP contribution in [0.15, 0.2) is 30.3 Å². The van der Waals surface area contributed by atoms with Crippen LogP contribution in [0.5, 0.6) is 0 Å². The van der Waals surface area contributed by atoms with Crippen LogP contribution < -0.4 is 10.6 Å². The molecule has 0 saturated carbocycles. The normalized spacial score (nSPS) is 10.8. The number of amides is 2. The third kappa shape index (κ3) is 3.83. The standard InChI is InChI=1S/C11H11N3O3/c1-17-11(16)14-9(7-12)10(15)13-8-5-3-2-4-6-8/h2-6,9H,1H3,(H,13,15)(H,14,16). The maximum absolute atomic E-state index is 11.6. The van der Waals surface area contributed by atoms with Crippen LogP contribution in [0.3, 0.4) is 0 Å². The van der Waals surface area contributed by atoms with Gasteiger partial charge in [-0.15, -0.1) is 0 Å². The lowest BCUT2D eigenvalue weighted by atomic mass is 10.2. The van der Waals surface area contributed by atoms with Crippen molar-refractivity contribution in [3.8, 4) is 6.07 Å². The van der Waals surface area contributed by atoms with E-state index in [0.29, 0.717) is 5.69 Å². The molecule has 1 aromatic rings. The van der Waals surface area contributed by atoms with Crippen molar-refractivity contribution in [1.82, 2.24) is 5.32 Å². The molecular formula is C11H11N3O3. The zero-order chi connectivity index (χ0) is 12.7. The Bertz CT molecular complexity index is 439. The van der Waals surface area contributed by atoms with E-state index in [9.17, 15) is 9.59 Å². The molecule has 0 aliphatic heterocycles. The minimum atomic E-state index is -1.29. The molecule has 0 fully saturated rings. The lowest BCUT2D eigenvalue weighted by Crippen LogP contribution is -2.42. The summed E-state index contributed by atoms with van der Waals surface area (Å²) in [5.74, 6) is -0.621. The second-order valence-electron chi connectivity index (χ2n) is 3.05. The molecule has 6 nitrogen and oxygen atoms in total. The fourth-order valence-corrected chi connectivity index (χ4v) is 1.07. The first kappa shape index (κ1) is 12.5. The van der Waals surface area contributed by atoms with Gasteiger partial charge in [0.15, 0.2) is 6.04 Å². The van der Waals surface area contributed by atoms with Gasteiger partial charge in [-0.3, -0.25) is 10.1 Å². The maximum atomic E-state index is 11.6. The first-order valence-corrected chi connectivity index (χ1v) is 4.77. The molecule has 2 N–H and O–H groups in total. The summed E-state index contributed by atoms with van der Waals surface area (Å²) in [5.41, 5.74) is 0.546. The van der Waals surface area contributed by atoms with E-state index in [-0.39, 0.29) is 0 Å². The van der Waals surface area contributed by atoms with Crippen LogP contribution in [0, 0.1) is 11.3 Å². The molecule has 0 saturated heterocycles. The fraction of sp³-hybridized carbons (Fsp3) is 0.182. The van der Waals surface area contributed by atoms with Crippen LogP contribution in [0.25, 0.3) is 0 Å². The van der Waals surface area contributed by atoms with E-state index < -0.39 is 18.0 Å². The van der Waals surface area contributed by atoms with Gasteiger partial charge in [-0.05, 0) is 12.1 Å². The quantitative estimate of drug-likeness (QED) is 0.810. The van der Waals surface area contributed by atoms with Crippen LogP contribution in [0.2, 0.25) is 0 Å². The number of carbonyl (C=O) groups excluding carboxylic acids is 2. The highest BCUT2D eigenvalue weighted by Gasteiger charge is 2.20. The average Bonchev–Trinajstić information content (AvgIpc) is 2.36. The van der Waals surface area contributed by atoms with Crippen molar-refractivity contribution < 1.29 is 14.3 Å². The molecule has 0 aromatic heterocycles. The molecule has 0 radical (unpaired) electrons. The fourth-order valence-electron chi connectivity index (χ4n) is 1.07. The summed E-state index contributed by atoms with van der Waals surface area (Å²) in [4.78, 5) is 22.5. The van der Waals surface area contributed by atoms with E-state index in [1.807, 2.05) is 0 Å². The number of nitriles is 1. The number of alkyl carbamates (subject to hydrolysis) is 1. The Morgan fingerprint density at radius 1 is 1.35 bits per heavy atom. The number of para-hydroxylation sites is 1. The van der Waals surface area contributed by atoms with Crippen LogP contribution in [-0.2, 0) is 9.53 Å². The number of nitrogens with zero attached hydrogens (tertiary/aromatic N) is 1. The largest absolute Gasteiger partial charge is 0.453 e. The lowest BCUT2D eigenvalue weighted by Gasteiger charge is -2.10. The van der Waals surface area contributed by atoms with Crippen molar-refractivity contribution in [2.45, 2.75) is 6.04 Å². The summed E-state index contributed by atoms with van der Waals surface area (Å²) < 4.78 is 4.30. The van der Waals surface area contributed by atoms with Gasteiger partial charge in [0.2, 0.25) is 0 Å². The number of ether oxygens (including phenoxy) is 1. The second-order valence-corrected chi connectivity index (χ2v) is 3.05. The summed E-state index contributed by atoms with van der Waals surface area (Å²) in [7, 11) is 1.15. The molecule has 0 spiro atoms. The van der Waals surface area contributed by atoms with Crippen molar-refractivity contribution in [3.63, 3.8) is 0 Å². The van der Waals surface area contributed by atoms with E-state index in [4.69, 9.17) is 5.26 Å². The highest BCUT2D eigenvalue weighted by Crippen LogP contribution is 2.05. The lowest BCUT2D eigenvalue weighted by molar-refractivity contribution is -0.116. The molecule has 0 aliphatic carbocycles. The minimum Gasteiger partial charge on any atom is -0.453 e. The number of nitrogens with one attached hydrogen (secondary N) is 2. The predicted octanol–water partition coefficient (Wildman–Crippen LogP) is 0.873. The molecular weight excluding hydrogens is 222 g/mol. The van der Waals surface area contributed by atoms with Crippen molar-refractivity contribution in [2.75, 3.05) is 12.4 Å². The average molecular weight is 233 g/mol. The van der Waals surface area contributed by atoms with Gasteiger partial charge in [0.1, 0.15) is 0 Å². The van der Waals surface area contributed by atoms with Gasteiger partial charge < -0.3 is 10.1 Å². The van der Waals surface area contributed by atoms with Crippen molar-refractivity contribution in [1.29, 1.82) is 5.26 Å². The Balaban J connectivity index is 2.62. The highest BCUT2D eigenvalue weighted by molar-refractivity contribution is 5.98. The first-order valence-electron chi connectivity index (χ1n) is 4.77. The summed E-state index contributed by atoms with van der Waals surface area (Å²) in [6.07, 6.45) is -0.834. The van der Waals surface area contributed by atoms with E-state index in [1.54, 1.807) is 36.4 Å². The molecule has 0 aliphatic rings. The molecule has 17 heavy (non-hydrogen) atoms. The molecule has 1 rings (SSSR count). The minimum absolute atomic E-state index is 0.546. The van der Waals surface area contributed by atoms with Gasteiger partial charge in [-0.2, -0.15) is 5.26 Å². The van der Waals surface area contributed by atoms with E-state index in [0.717, 1.165) is 7.11 Å². The number of hydrogen-bond donors (Lipinski definition) is 2. The van der Waals surface area contributed by atoms with Crippen LogP contribution in [0.4, 0.5) is 10.5 Å². The smallest absolute Gasteiger partial charge is 0.408 e. The highest BCUT2D eigenvalue weighted by atomic mass is 16.5. The second kappa shape index (κ2) is 6.12. The molecule has 1 atom stereocenters. The molecule has 0 bridgehead atoms. The van der Waals surface area contributed by atoms with Gasteiger partial charge in [-0.25, -0.2) is 4.79 Å². The SMILES string of the molecule is COC(=O)NC(C#N)C(=O)Nc1ccccc1. The summed E-state index contributed by atoms with van der Waals surface area (Å²) in [6, 6.07) is 8.99. The van der Waals surface area contributed by atoms with Crippen molar-refractivity contribution >= 4 is 17.7 Å². The van der Waals surface area contributed by atoms with Crippen LogP contribution in [0.1, 0.15) is 0 Å². The van der Waals surface area contributed by atoms with Crippen molar-refractivity contribution in [3.05, 3.63) is 30.3 Å². The van der Waals surface area contributed by atoms with Gasteiger partial charge in [0.25, 0.3) is 5.91 Å². The van der Waals surface area contributed by atoms with Gasteiger partial charge in [-0.1, -0.05) is 18.2 Å². The van der Waals surface area contributed by atoms with Crippen LogP contribution >= 0.6 is 0 Å². The van der Waals surface area contributed by atoms with Gasteiger partial charge in [0.05, 0.1) is 13.2 Å². The Morgan fingerprint density at radius 3 is 2.53 bits per heavy atom. The molecule has 1 aromatic carbocycles. The molecule has 1 unspecified atom stereocenters. The van der Waals surface area contributed by atoms with Gasteiger partial charge >= 0.3 is 6.09 Å². The zero-order valence-corrected chi connectivity index (χ0v) is 9.14. The van der Waals surface area contributed by atoms with E-state index in [1.165, 1.54) is 0 Å².